The number of nitrogens with zero attached hydrogens (tertiary/aromatic N) is 1. The zero-order valence-electron chi connectivity index (χ0n) is 11.2. The second-order valence-electron chi connectivity index (χ2n) is 5.01. The van der Waals surface area contributed by atoms with E-state index >= 15 is 0 Å². The maximum atomic E-state index is 10.5. The van der Waals surface area contributed by atoms with Gasteiger partial charge < -0.3 is 24.8 Å². The third kappa shape index (κ3) is 3.74. The molecule has 1 saturated heterocycles. The number of benzene rings is 1. The minimum absolute atomic E-state index is 0.142. The van der Waals surface area contributed by atoms with Crippen LogP contribution in [0, 0.1) is 10.1 Å². The molecule has 21 heavy (non-hydrogen) atoms. The van der Waals surface area contributed by atoms with Gasteiger partial charge in [-0.3, -0.25) is 10.1 Å². The predicted octanol–water partition coefficient (Wildman–Crippen LogP) is -0.711. The molecule has 1 aliphatic rings. The van der Waals surface area contributed by atoms with E-state index < -0.39 is 42.2 Å². The number of aliphatic hydroxyl groups excluding tert-OH is 2. The van der Waals surface area contributed by atoms with Gasteiger partial charge >= 0.3 is 0 Å². The molecule has 0 aromatic heterocycles. The summed E-state index contributed by atoms with van der Waals surface area (Å²) in [5, 5.41) is 40.2. The van der Waals surface area contributed by atoms with Gasteiger partial charge in [0.2, 0.25) is 6.54 Å². The SMILES string of the molecule is O=[N+]([O-])C[C@@]1(O)CO[C@@H](OCc2ccccc2)C(O)C1O. The van der Waals surface area contributed by atoms with Crippen LogP contribution in [0.2, 0.25) is 0 Å². The first-order valence-corrected chi connectivity index (χ1v) is 6.40. The van der Waals surface area contributed by atoms with Crippen molar-refractivity contribution in [3.8, 4) is 0 Å². The topological polar surface area (TPSA) is 122 Å². The van der Waals surface area contributed by atoms with Gasteiger partial charge in [0.1, 0.15) is 12.2 Å². The number of rotatable bonds is 5. The number of ether oxygens (including phenoxy) is 2. The van der Waals surface area contributed by atoms with E-state index in [1.54, 1.807) is 0 Å². The highest BCUT2D eigenvalue weighted by molar-refractivity contribution is 5.13. The van der Waals surface area contributed by atoms with E-state index in [1.807, 2.05) is 30.3 Å². The van der Waals surface area contributed by atoms with Crippen LogP contribution < -0.4 is 0 Å². The Morgan fingerprint density at radius 2 is 2.05 bits per heavy atom. The molecule has 3 N–H and O–H groups in total. The lowest BCUT2D eigenvalue weighted by molar-refractivity contribution is -0.512. The van der Waals surface area contributed by atoms with Crippen molar-refractivity contribution in [1.82, 2.24) is 0 Å². The molecule has 1 aromatic rings. The highest BCUT2D eigenvalue weighted by atomic mass is 16.7. The number of aliphatic hydroxyl groups is 3. The average Bonchev–Trinajstić information content (AvgIpc) is 2.45. The lowest BCUT2D eigenvalue weighted by Gasteiger charge is -2.40. The van der Waals surface area contributed by atoms with Crippen molar-refractivity contribution < 1.29 is 29.7 Å². The Morgan fingerprint density at radius 3 is 2.67 bits per heavy atom. The lowest BCUT2D eigenvalue weighted by atomic mass is 9.90. The quantitative estimate of drug-likeness (QED) is 0.485. The molecule has 0 radical (unpaired) electrons. The van der Waals surface area contributed by atoms with E-state index in [-0.39, 0.29) is 6.61 Å². The van der Waals surface area contributed by atoms with Crippen molar-refractivity contribution in [1.29, 1.82) is 0 Å². The van der Waals surface area contributed by atoms with Crippen molar-refractivity contribution in [3.05, 3.63) is 46.0 Å². The van der Waals surface area contributed by atoms with Gasteiger partial charge in [-0.2, -0.15) is 0 Å². The Hall–Kier alpha value is -1.58. The Balaban J connectivity index is 1.94. The van der Waals surface area contributed by atoms with Crippen LogP contribution in [0.5, 0.6) is 0 Å². The summed E-state index contributed by atoms with van der Waals surface area (Å²) in [5.41, 5.74) is -1.29. The zero-order chi connectivity index (χ0) is 15.5. The molecule has 1 aromatic carbocycles. The summed E-state index contributed by atoms with van der Waals surface area (Å²) in [7, 11) is 0. The van der Waals surface area contributed by atoms with E-state index in [1.165, 1.54) is 0 Å². The Bertz CT molecular complexity index is 483. The third-order valence-electron chi connectivity index (χ3n) is 3.31. The van der Waals surface area contributed by atoms with Gasteiger partial charge in [-0.1, -0.05) is 30.3 Å². The maximum Gasteiger partial charge on any atom is 0.237 e. The molecule has 0 amide bonds. The Morgan fingerprint density at radius 1 is 1.38 bits per heavy atom. The minimum Gasteiger partial charge on any atom is -0.387 e. The Kier molecular flexibility index (Phi) is 4.86. The maximum absolute atomic E-state index is 10.5. The summed E-state index contributed by atoms with van der Waals surface area (Å²) in [6.07, 6.45) is -4.46. The summed E-state index contributed by atoms with van der Waals surface area (Å²) >= 11 is 0. The van der Waals surface area contributed by atoms with Gasteiger partial charge in [0.25, 0.3) is 0 Å². The first-order valence-electron chi connectivity index (χ1n) is 6.40. The number of hydrogen-bond acceptors (Lipinski definition) is 7. The highest BCUT2D eigenvalue weighted by Crippen LogP contribution is 2.26. The molecule has 0 aliphatic carbocycles. The molecule has 8 nitrogen and oxygen atoms in total. The van der Waals surface area contributed by atoms with Gasteiger partial charge in [-0.25, -0.2) is 0 Å². The normalized spacial score (nSPS) is 32.8. The van der Waals surface area contributed by atoms with Crippen LogP contribution in [0.15, 0.2) is 30.3 Å². The third-order valence-corrected chi connectivity index (χ3v) is 3.31. The lowest BCUT2D eigenvalue weighted by Crippen LogP contribution is -2.64. The van der Waals surface area contributed by atoms with Crippen LogP contribution >= 0.6 is 0 Å². The van der Waals surface area contributed by atoms with Gasteiger partial charge in [0.15, 0.2) is 11.9 Å². The average molecular weight is 299 g/mol. The molecule has 116 valence electrons. The summed E-state index contributed by atoms with van der Waals surface area (Å²) in [6.45, 7) is -1.27. The molecule has 1 heterocycles. The molecule has 1 aliphatic heterocycles. The fourth-order valence-electron chi connectivity index (χ4n) is 2.14. The Labute approximate surface area is 120 Å². The standard InChI is InChI=1S/C13H17NO7/c15-10-11(16)13(17,7-14(18)19)8-21-12(10)20-6-9-4-2-1-3-5-9/h1-5,10-12,15-17H,6-8H2/t10?,11?,12-,13-/m1/s1. The van der Waals surface area contributed by atoms with E-state index in [4.69, 9.17) is 9.47 Å². The second kappa shape index (κ2) is 6.46. The van der Waals surface area contributed by atoms with E-state index in [0.29, 0.717) is 0 Å². The van der Waals surface area contributed by atoms with Crippen LogP contribution in [0.3, 0.4) is 0 Å². The molecule has 2 rings (SSSR count). The molecule has 2 unspecified atom stereocenters. The minimum atomic E-state index is -2.13. The van der Waals surface area contributed by atoms with E-state index in [2.05, 4.69) is 0 Å². The van der Waals surface area contributed by atoms with E-state index in [0.717, 1.165) is 5.56 Å². The predicted molar refractivity (Wildman–Crippen MR) is 69.8 cm³/mol. The fourth-order valence-corrected chi connectivity index (χ4v) is 2.14. The van der Waals surface area contributed by atoms with Crippen molar-refractivity contribution in [3.63, 3.8) is 0 Å². The summed E-state index contributed by atoms with van der Waals surface area (Å²) in [6, 6.07) is 9.11. The monoisotopic (exact) mass is 299 g/mol. The van der Waals surface area contributed by atoms with Crippen molar-refractivity contribution in [2.45, 2.75) is 30.7 Å². The smallest absolute Gasteiger partial charge is 0.237 e. The van der Waals surface area contributed by atoms with Gasteiger partial charge in [-0.05, 0) is 5.56 Å². The summed E-state index contributed by atoms with van der Waals surface area (Å²) in [4.78, 5) is 9.71. The molecular formula is C13H17NO7. The zero-order valence-corrected chi connectivity index (χ0v) is 11.2. The van der Waals surface area contributed by atoms with Crippen LogP contribution in [0.1, 0.15) is 5.56 Å². The first kappa shape index (κ1) is 15.8. The number of hydrogen-bond donors (Lipinski definition) is 3. The van der Waals surface area contributed by atoms with Crippen molar-refractivity contribution in [2.75, 3.05) is 13.2 Å². The molecule has 4 atom stereocenters. The summed E-state index contributed by atoms with van der Waals surface area (Å²) in [5.74, 6) is 0. The van der Waals surface area contributed by atoms with Gasteiger partial charge in [0, 0.05) is 4.92 Å². The highest BCUT2D eigenvalue weighted by Gasteiger charge is 2.52. The van der Waals surface area contributed by atoms with Crippen LogP contribution in [0.25, 0.3) is 0 Å². The van der Waals surface area contributed by atoms with Crippen LogP contribution in [-0.2, 0) is 16.1 Å². The van der Waals surface area contributed by atoms with E-state index in [9.17, 15) is 25.4 Å². The molecule has 0 saturated carbocycles. The van der Waals surface area contributed by atoms with Crippen LogP contribution in [0.4, 0.5) is 0 Å². The molecular weight excluding hydrogens is 282 g/mol. The first-order chi connectivity index (χ1) is 9.92. The second-order valence-corrected chi connectivity index (χ2v) is 5.01. The van der Waals surface area contributed by atoms with Crippen LogP contribution in [-0.4, -0.2) is 57.5 Å². The van der Waals surface area contributed by atoms with Crippen molar-refractivity contribution in [2.24, 2.45) is 0 Å². The molecule has 1 fully saturated rings. The number of nitro groups is 1. The largest absolute Gasteiger partial charge is 0.387 e. The fraction of sp³-hybridized carbons (Fsp3) is 0.538. The van der Waals surface area contributed by atoms with Gasteiger partial charge in [-0.15, -0.1) is 0 Å². The summed E-state index contributed by atoms with van der Waals surface area (Å²) < 4.78 is 10.4. The molecule has 0 spiro atoms. The molecule has 0 bridgehead atoms. The molecule has 8 heteroatoms. The van der Waals surface area contributed by atoms with Gasteiger partial charge in [0.05, 0.1) is 13.2 Å². The van der Waals surface area contributed by atoms with Crippen molar-refractivity contribution >= 4 is 0 Å².